The van der Waals surface area contributed by atoms with Gasteiger partial charge in [-0.3, -0.25) is 4.79 Å². The van der Waals surface area contributed by atoms with E-state index in [0.717, 1.165) is 24.2 Å². The highest BCUT2D eigenvalue weighted by atomic mass is 32.1. The molecule has 0 fully saturated rings. The van der Waals surface area contributed by atoms with Crippen molar-refractivity contribution in [2.24, 2.45) is 0 Å². The lowest BCUT2D eigenvalue weighted by Crippen LogP contribution is -2.23. The molecule has 2 N–H and O–H groups in total. The van der Waals surface area contributed by atoms with Gasteiger partial charge in [-0.1, -0.05) is 6.92 Å². The maximum Gasteiger partial charge on any atom is 0.251 e. The molecule has 2 aromatic rings. The van der Waals surface area contributed by atoms with Crippen LogP contribution >= 0.6 is 11.3 Å². The van der Waals surface area contributed by atoms with E-state index in [0.29, 0.717) is 12.1 Å². The minimum absolute atomic E-state index is 0.0170. The molecule has 21 heavy (non-hydrogen) atoms. The molecular formula is C17H22N2OS. The Morgan fingerprint density at radius 2 is 2.05 bits per heavy atom. The molecule has 3 nitrogen and oxygen atoms in total. The second-order valence-electron chi connectivity index (χ2n) is 4.97. The summed E-state index contributed by atoms with van der Waals surface area (Å²) in [4.78, 5) is 13.5. The maximum atomic E-state index is 12.2. The van der Waals surface area contributed by atoms with Crippen molar-refractivity contribution in [3.8, 4) is 0 Å². The van der Waals surface area contributed by atoms with Gasteiger partial charge in [0.25, 0.3) is 5.91 Å². The molecule has 0 spiro atoms. The number of hydrogen-bond donors (Lipinski definition) is 2. The van der Waals surface area contributed by atoms with Crippen molar-refractivity contribution in [3.63, 3.8) is 0 Å². The van der Waals surface area contributed by atoms with Gasteiger partial charge in [0.2, 0.25) is 0 Å². The van der Waals surface area contributed by atoms with E-state index in [1.165, 1.54) is 10.4 Å². The van der Waals surface area contributed by atoms with Crippen LogP contribution in [0.3, 0.4) is 0 Å². The van der Waals surface area contributed by atoms with E-state index >= 15 is 0 Å². The zero-order valence-corrected chi connectivity index (χ0v) is 13.6. The van der Waals surface area contributed by atoms with Gasteiger partial charge in [-0.25, -0.2) is 0 Å². The maximum absolute atomic E-state index is 12.2. The van der Waals surface area contributed by atoms with Crippen LogP contribution < -0.4 is 10.6 Å². The van der Waals surface area contributed by atoms with Crippen molar-refractivity contribution >= 4 is 22.9 Å². The molecule has 2 rings (SSSR count). The van der Waals surface area contributed by atoms with E-state index in [-0.39, 0.29) is 5.91 Å². The first kappa shape index (κ1) is 15.6. The Bertz CT molecular complexity index is 619. The summed E-state index contributed by atoms with van der Waals surface area (Å²) in [7, 11) is 0. The van der Waals surface area contributed by atoms with Gasteiger partial charge < -0.3 is 10.6 Å². The number of anilines is 1. The van der Waals surface area contributed by atoms with Crippen molar-refractivity contribution in [1.82, 2.24) is 5.32 Å². The smallest absolute Gasteiger partial charge is 0.251 e. The van der Waals surface area contributed by atoms with Crippen molar-refractivity contribution < 1.29 is 4.79 Å². The molecule has 0 saturated heterocycles. The zero-order valence-electron chi connectivity index (χ0n) is 12.8. The van der Waals surface area contributed by atoms with Gasteiger partial charge in [0, 0.05) is 22.7 Å². The average Bonchev–Trinajstić information content (AvgIpc) is 2.94. The largest absolute Gasteiger partial charge is 0.385 e. The molecule has 112 valence electrons. The molecule has 0 saturated carbocycles. The Labute approximate surface area is 130 Å². The molecule has 1 heterocycles. The monoisotopic (exact) mass is 302 g/mol. The summed E-state index contributed by atoms with van der Waals surface area (Å²) in [6.07, 6.45) is 1.01. The average molecular weight is 302 g/mol. The van der Waals surface area contributed by atoms with Crippen LogP contribution in [0.2, 0.25) is 0 Å². The molecule has 0 aliphatic rings. The van der Waals surface area contributed by atoms with Gasteiger partial charge in [0.15, 0.2) is 0 Å². The first-order chi connectivity index (χ1) is 10.2. The third-order valence-electron chi connectivity index (χ3n) is 3.48. The van der Waals surface area contributed by atoms with Gasteiger partial charge in [-0.05, 0) is 61.0 Å². The van der Waals surface area contributed by atoms with Crippen LogP contribution in [0.25, 0.3) is 0 Å². The Morgan fingerprint density at radius 3 is 2.71 bits per heavy atom. The van der Waals surface area contributed by atoms with Crippen LogP contribution in [0.15, 0.2) is 29.6 Å². The van der Waals surface area contributed by atoms with E-state index in [1.807, 2.05) is 25.1 Å². The van der Waals surface area contributed by atoms with Crippen LogP contribution in [0.4, 0.5) is 5.69 Å². The Kier molecular flexibility index (Phi) is 5.39. The lowest BCUT2D eigenvalue weighted by atomic mass is 10.1. The van der Waals surface area contributed by atoms with E-state index in [1.54, 1.807) is 11.3 Å². The Balaban J connectivity index is 2.02. The van der Waals surface area contributed by atoms with Crippen LogP contribution in [0.1, 0.15) is 40.2 Å². The van der Waals surface area contributed by atoms with E-state index in [4.69, 9.17) is 0 Å². The molecule has 0 aliphatic heterocycles. The number of thiophene rings is 1. The summed E-state index contributed by atoms with van der Waals surface area (Å²) in [5, 5.41) is 8.37. The van der Waals surface area contributed by atoms with Gasteiger partial charge in [-0.2, -0.15) is 0 Å². The van der Waals surface area contributed by atoms with Gasteiger partial charge in [-0.15, -0.1) is 11.3 Å². The Hall–Kier alpha value is -1.81. The molecule has 4 heteroatoms. The van der Waals surface area contributed by atoms with E-state index < -0.39 is 0 Å². The second-order valence-corrected chi connectivity index (χ2v) is 5.97. The van der Waals surface area contributed by atoms with Crippen LogP contribution in [0.5, 0.6) is 0 Å². The molecule has 0 radical (unpaired) electrons. The summed E-state index contributed by atoms with van der Waals surface area (Å²) in [5.41, 5.74) is 4.21. The van der Waals surface area contributed by atoms with Crippen molar-refractivity contribution in [1.29, 1.82) is 0 Å². The molecule has 0 unspecified atom stereocenters. The number of carbonyl (C=O) groups is 1. The summed E-state index contributed by atoms with van der Waals surface area (Å²) < 4.78 is 0. The van der Waals surface area contributed by atoms with Crippen LogP contribution in [-0.4, -0.2) is 12.5 Å². The van der Waals surface area contributed by atoms with Gasteiger partial charge in [0.05, 0.1) is 6.54 Å². The predicted molar refractivity (Wildman–Crippen MR) is 90.2 cm³/mol. The quantitative estimate of drug-likeness (QED) is 0.847. The minimum atomic E-state index is -0.0170. The van der Waals surface area contributed by atoms with E-state index in [2.05, 4.69) is 35.9 Å². The number of rotatable bonds is 6. The van der Waals surface area contributed by atoms with Gasteiger partial charge >= 0.3 is 0 Å². The first-order valence-electron chi connectivity index (χ1n) is 7.33. The van der Waals surface area contributed by atoms with Crippen LogP contribution in [-0.2, 0) is 13.0 Å². The lowest BCUT2D eigenvalue weighted by Gasteiger charge is -2.10. The summed E-state index contributed by atoms with van der Waals surface area (Å²) in [6.45, 7) is 7.70. The topological polar surface area (TPSA) is 41.1 Å². The number of amides is 1. The fourth-order valence-corrected chi connectivity index (χ4v) is 3.21. The Morgan fingerprint density at radius 1 is 1.24 bits per heavy atom. The van der Waals surface area contributed by atoms with Crippen molar-refractivity contribution in [3.05, 3.63) is 51.2 Å². The molecule has 1 amide bonds. The normalized spacial score (nSPS) is 10.4. The fourth-order valence-electron chi connectivity index (χ4n) is 2.29. The molecule has 1 aromatic carbocycles. The highest BCUT2D eigenvalue weighted by Crippen LogP contribution is 2.18. The van der Waals surface area contributed by atoms with Crippen molar-refractivity contribution in [2.45, 2.75) is 33.7 Å². The highest BCUT2D eigenvalue weighted by molar-refractivity contribution is 7.10. The number of benzene rings is 1. The molecule has 1 aromatic heterocycles. The summed E-state index contributed by atoms with van der Waals surface area (Å²) >= 11 is 1.70. The number of aryl methyl sites for hydroxylation is 2. The molecule has 0 bridgehead atoms. The molecule has 0 atom stereocenters. The SMILES string of the molecule is CCNc1ccc(C(=O)NCc2sccc2CC)cc1C. The van der Waals surface area contributed by atoms with E-state index in [9.17, 15) is 4.79 Å². The van der Waals surface area contributed by atoms with Crippen LogP contribution in [0, 0.1) is 6.92 Å². The summed E-state index contributed by atoms with van der Waals surface area (Å²) in [6, 6.07) is 7.90. The zero-order chi connectivity index (χ0) is 15.2. The highest BCUT2D eigenvalue weighted by Gasteiger charge is 2.09. The standard InChI is InChI=1S/C17H22N2OS/c1-4-13-8-9-21-16(13)11-19-17(20)14-6-7-15(18-5-2)12(3)10-14/h6-10,18H,4-5,11H2,1-3H3,(H,19,20). The first-order valence-corrected chi connectivity index (χ1v) is 8.21. The van der Waals surface area contributed by atoms with Crippen molar-refractivity contribution in [2.75, 3.05) is 11.9 Å². The lowest BCUT2D eigenvalue weighted by molar-refractivity contribution is 0.0951. The minimum Gasteiger partial charge on any atom is -0.385 e. The molecule has 0 aliphatic carbocycles. The predicted octanol–water partition coefficient (Wildman–Crippen LogP) is 3.98. The number of nitrogens with one attached hydrogen (secondary N) is 2. The number of hydrogen-bond acceptors (Lipinski definition) is 3. The number of carbonyl (C=O) groups excluding carboxylic acids is 1. The fraction of sp³-hybridized carbons (Fsp3) is 0.353. The third-order valence-corrected chi connectivity index (χ3v) is 4.45. The molecular weight excluding hydrogens is 280 g/mol. The van der Waals surface area contributed by atoms with Gasteiger partial charge in [0.1, 0.15) is 0 Å². The summed E-state index contributed by atoms with van der Waals surface area (Å²) in [5.74, 6) is -0.0170. The second kappa shape index (κ2) is 7.27. The third kappa shape index (κ3) is 3.85.